The normalized spacial score (nSPS) is 16.2. The second-order valence-electron chi connectivity index (χ2n) is 10.7. The van der Waals surface area contributed by atoms with E-state index < -0.39 is 7.60 Å². The van der Waals surface area contributed by atoms with E-state index in [2.05, 4.69) is 0 Å². The number of para-hydroxylation sites is 1. The molecule has 1 aliphatic heterocycles. The average molecular weight is 504 g/mol. The van der Waals surface area contributed by atoms with Crippen molar-refractivity contribution in [1.82, 2.24) is 0 Å². The van der Waals surface area contributed by atoms with Crippen LogP contribution >= 0.6 is 19.4 Å². The van der Waals surface area contributed by atoms with Crippen molar-refractivity contribution in [3.05, 3.63) is 58.0 Å². The van der Waals surface area contributed by atoms with Gasteiger partial charge < -0.3 is 19.8 Å². The number of anilines is 1. The monoisotopic (exact) mass is 503 g/mol. The van der Waals surface area contributed by atoms with Crippen LogP contribution in [0.4, 0.5) is 5.69 Å². The number of benzene rings is 2. The summed E-state index contributed by atoms with van der Waals surface area (Å²) in [6.45, 7) is 12.5. The Morgan fingerprint density at radius 1 is 1.00 bits per heavy atom. The summed E-state index contributed by atoms with van der Waals surface area (Å²) in [5.74, 6) is 0.0892. The number of hydrogen-bond acceptors (Lipinski definition) is 4. The predicted molar refractivity (Wildman–Crippen MR) is 140 cm³/mol. The van der Waals surface area contributed by atoms with Gasteiger partial charge in [0, 0.05) is 22.6 Å². The molecule has 184 valence electrons. The summed E-state index contributed by atoms with van der Waals surface area (Å²) in [6, 6.07) is 11.4. The highest BCUT2D eigenvalue weighted by Crippen LogP contribution is 2.44. The third kappa shape index (κ3) is 6.14. The van der Waals surface area contributed by atoms with Crippen molar-refractivity contribution in [3.63, 3.8) is 0 Å². The van der Waals surface area contributed by atoms with Gasteiger partial charge in [0.2, 0.25) is 0 Å². The van der Waals surface area contributed by atoms with Gasteiger partial charge in [0.25, 0.3) is 5.91 Å². The van der Waals surface area contributed by atoms with E-state index in [-0.39, 0.29) is 41.6 Å². The van der Waals surface area contributed by atoms with Crippen LogP contribution in [0.25, 0.3) is 6.08 Å². The molecule has 2 aromatic carbocycles. The Labute approximate surface area is 206 Å². The van der Waals surface area contributed by atoms with Crippen LogP contribution in [0.3, 0.4) is 0 Å². The lowest BCUT2D eigenvalue weighted by Crippen LogP contribution is -2.35. The fraction of sp³-hybridized carbons (Fsp3) is 0.423. The summed E-state index contributed by atoms with van der Waals surface area (Å²) in [6.07, 6.45) is 1.78. The van der Waals surface area contributed by atoms with Gasteiger partial charge in [-0.3, -0.25) is 9.36 Å². The lowest BCUT2D eigenvalue weighted by molar-refractivity contribution is -0.114. The quantitative estimate of drug-likeness (QED) is 0.340. The minimum Gasteiger partial charge on any atom is -0.507 e. The summed E-state index contributed by atoms with van der Waals surface area (Å²) >= 11 is 1.39. The highest BCUT2D eigenvalue weighted by Gasteiger charge is 2.30. The number of aromatic hydroxyl groups is 1. The molecule has 1 heterocycles. The number of carbonyl (C=O) groups is 1. The third-order valence-electron chi connectivity index (χ3n) is 5.71. The summed E-state index contributed by atoms with van der Waals surface area (Å²) in [5, 5.41) is 11.0. The Morgan fingerprint density at radius 3 is 2.09 bits per heavy atom. The molecule has 0 spiro atoms. The Balaban J connectivity index is 2.07. The molecule has 2 aromatic rings. The van der Waals surface area contributed by atoms with Gasteiger partial charge >= 0.3 is 7.60 Å². The van der Waals surface area contributed by atoms with Crippen molar-refractivity contribution in [2.45, 2.75) is 63.7 Å². The molecule has 6 nitrogen and oxygen atoms in total. The zero-order chi connectivity index (χ0) is 25.5. The first-order chi connectivity index (χ1) is 15.6. The molecule has 1 aliphatic rings. The van der Waals surface area contributed by atoms with Crippen LogP contribution in [0.15, 0.2) is 46.2 Å². The Bertz CT molecular complexity index is 1140. The molecule has 34 heavy (non-hydrogen) atoms. The van der Waals surface area contributed by atoms with Crippen molar-refractivity contribution in [1.29, 1.82) is 0 Å². The molecule has 0 saturated carbocycles. The molecule has 1 amide bonds. The molecule has 0 unspecified atom stereocenters. The van der Waals surface area contributed by atoms with Crippen LogP contribution in [0.1, 0.15) is 64.7 Å². The van der Waals surface area contributed by atoms with Crippen molar-refractivity contribution in [2.75, 3.05) is 17.6 Å². The molecule has 0 fully saturated rings. The maximum Gasteiger partial charge on any atom is 0.325 e. The number of amides is 1. The summed E-state index contributed by atoms with van der Waals surface area (Å²) in [5.41, 5.74) is 2.64. The van der Waals surface area contributed by atoms with Crippen LogP contribution in [0, 0.1) is 0 Å². The first kappa shape index (κ1) is 26.6. The van der Waals surface area contributed by atoms with Crippen LogP contribution in [0.2, 0.25) is 0 Å². The molecule has 0 saturated heterocycles. The van der Waals surface area contributed by atoms with E-state index in [4.69, 9.17) is 0 Å². The van der Waals surface area contributed by atoms with E-state index in [0.717, 1.165) is 27.3 Å². The molecule has 8 heteroatoms. The second kappa shape index (κ2) is 9.54. The number of nitrogens with zero attached hydrogens (tertiary/aromatic N) is 1. The number of fused-ring (bicyclic) bond motifs is 1. The van der Waals surface area contributed by atoms with E-state index in [0.29, 0.717) is 4.91 Å². The van der Waals surface area contributed by atoms with Gasteiger partial charge in [-0.2, -0.15) is 0 Å². The second-order valence-corrected chi connectivity index (χ2v) is 13.6. The standard InChI is InChI=1S/C26H34NO5PS/c1-25(2,3)18-14-17(15-19(23(18)28)26(4,5)6)16-22-24(29)27(12-9-13-33(30,31)32)20-10-7-8-11-21(20)34-22/h7-8,10-11,14-16,28H,9,12-13H2,1-6H3,(H2,30,31,32). The number of rotatable bonds is 5. The smallest absolute Gasteiger partial charge is 0.325 e. The van der Waals surface area contributed by atoms with Crippen molar-refractivity contribution >= 4 is 37.0 Å². The van der Waals surface area contributed by atoms with Crippen LogP contribution < -0.4 is 4.90 Å². The molecule has 0 aliphatic carbocycles. The SMILES string of the molecule is CC(C)(C)c1cc(C=C2Sc3ccccc3N(CCCP(=O)(O)O)C2=O)cc(C(C)(C)C)c1O. The number of carbonyl (C=O) groups excluding carboxylic acids is 1. The maximum atomic E-state index is 13.5. The van der Waals surface area contributed by atoms with Gasteiger partial charge in [0.15, 0.2) is 0 Å². The first-order valence-corrected chi connectivity index (χ1v) is 13.9. The van der Waals surface area contributed by atoms with Gasteiger partial charge in [0.1, 0.15) is 5.75 Å². The van der Waals surface area contributed by atoms with E-state index >= 15 is 0 Å². The average Bonchev–Trinajstić information content (AvgIpc) is 2.69. The Morgan fingerprint density at radius 2 is 1.56 bits per heavy atom. The fourth-order valence-electron chi connectivity index (χ4n) is 3.95. The first-order valence-electron chi connectivity index (χ1n) is 11.3. The van der Waals surface area contributed by atoms with Crippen molar-refractivity contribution < 1.29 is 24.3 Å². The fourth-order valence-corrected chi connectivity index (χ4v) is 5.57. The summed E-state index contributed by atoms with van der Waals surface area (Å²) < 4.78 is 11.3. The highest BCUT2D eigenvalue weighted by atomic mass is 32.2. The number of phenols is 1. The lowest BCUT2D eigenvalue weighted by atomic mass is 9.78. The topological polar surface area (TPSA) is 98.1 Å². The van der Waals surface area contributed by atoms with Gasteiger partial charge in [-0.1, -0.05) is 65.4 Å². The van der Waals surface area contributed by atoms with Gasteiger partial charge in [-0.05, 0) is 53.2 Å². The molecule has 0 atom stereocenters. The van der Waals surface area contributed by atoms with Crippen LogP contribution in [-0.2, 0) is 20.2 Å². The van der Waals surface area contributed by atoms with Gasteiger partial charge in [-0.15, -0.1) is 0 Å². The molecular formula is C26H34NO5PS. The zero-order valence-corrected chi connectivity index (χ0v) is 22.3. The highest BCUT2D eigenvalue weighted by molar-refractivity contribution is 8.04. The number of phenolic OH excluding ortho intramolecular Hbond substituents is 1. The minimum atomic E-state index is -4.14. The maximum absolute atomic E-state index is 13.5. The lowest BCUT2D eigenvalue weighted by Gasteiger charge is -2.31. The van der Waals surface area contributed by atoms with Crippen LogP contribution in [0.5, 0.6) is 5.75 Å². The predicted octanol–water partition coefficient (Wildman–Crippen LogP) is 6.03. The largest absolute Gasteiger partial charge is 0.507 e. The molecule has 3 N–H and O–H groups in total. The zero-order valence-electron chi connectivity index (χ0n) is 20.6. The Hall–Kier alpha value is -2.05. The third-order valence-corrected chi connectivity index (χ3v) is 7.69. The van der Waals surface area contributed by atoms with E-state index in [1.165, 1.54) is 11.8 Å². The number of thioether (sulfide) groups is 1. The molecule has 3 rings (SSSR count). The molecule has 0 bridgehead atoms. The van der Waals surface area contributed by atoms with Crippen molar-refractivity contribution in [3.8, 4) is 5.75 Å². The number of hydrogen-bond donors (Lipinski definition) is 3. The Kier molecular flexibility index (Phi) is 7.45. The summed E-state index contributed by atoms with van der Waals surface area (Å²) in [4.78, 5) is 35.0. The van der Waals surface area contributed by atoms with Gasteiger partial charge in [-0.25, -0.2) is 0 Å². The van der Waals surface area contributed by atoms with E-state index in [9.17, 15) is 24.3 Å². The van der Waals surface area contributed by atoms with Gasteiger partial charge in [0.05, 0.1) is 16.8 Å². The molecular weight excluding hydrogens is 469 g/mol. The van der Waals surface area contributed by atoms with E-state index in [1.54, 1.807) is 4.90 Å². The summed E-state index contributed by atoms with van der Waals surface area (Å²) in [7, 11) is -4.14. The van der Waals surface area contributed by atoms with Crippen molar-refractivity contribution in [2.24, 2.45) is 0 Å². The minimum absolute atomic E-state index is 0.197. The molecule has 0 radical (unpaired) electrons. The van der Waals surface area contributed by atoms with Crippen LogP contribution in [-0.4, -0.2) is 33.5 Å². The van der Waals surface area contributed by atoms with E-state index in [1.807, 2.05) is 84.0 Å². The molecule has 0 aromatic heterocycles.